The molecule has 0 radical (unpaired) electrons. The van der Waals surface area contributed by atoms with Gasteiger partial charge in [0.25, 0.3) is 0 Å². The van der Waals surface area contributed by atoms with Crippen LogP contribution in [-0.4, -0.2) is 20.0 Å². The maximum Gasteiger partial charge on any atom is 0.341 e. The third-order valence-corrected chi connectivity index (χ3v) is 6.42. The highest BCUT2D eigenvalue weighted by atomic mass is 32.1. The van der Waals surface area contributed by atoms with Gasteiger partial charge in [-0.15, -0.1) is 0 Å². The Morgan fingerprint density at radius 2 is 2.07 bits per heavy atom. The molecule has 0 saturated carbocycles. The highest BCUT2D eigenvalue weighted by Crippen LogP contribution is 2.46. The molecule has 152 valence electrons. The van der Waals surface area contributed by atoms with Gasteiger partial charge in [-0.1, -0.05) is 32.9 Å². The first kappa shape index (κ1) is 18.8. The quantitative estimate of drug-likeness (QED) is 0.480. The Hall–Kier alpha value is -3.19. The number of carboxylic acid groups (broad SMARTS) is 1. The molecule has 7 heteroatoms. The number of carbonyl (C=O) groups is 1. The number of pyridine rings is 1. The molecule has 0 fully saturated rings. The minimum atomic E-state index is -1.22. The predicted molar refractivity (Wildman–Crippen MR) is 116 cm³/mol. The van der Waals surface area contributed by atoms with Gasteiger partial charge in [-0.2, -0.15) is 0 Å². The van der Waals surface area contributed by atoms with Crippen LogP contribution in [0.1, 0.15) is 42.7 Å². The van der Waals surface area contributed by atoms with Crippen molar-refractivity contribution < 1.29 is 14.3 Å². The van der Waals surface area contributed by atoms with E-state index in [-0.39, 0.29) is 17.0 Å². The lowest BCUT2D eigenvalue weighted by Crippen LogP contribution is -2.32. The van der Waals surface area contributed by atoms with Crippen molar-refractivity contribution in [1.29, 1.82) is 0 Å². The van der Waals surface area contributed by atoms with Crippen LogP contribution in [0.2, 0.25) is 0 Å². The fourth-order valence-corrected chi connectivity index (χ4v) is 4.80. The van der Waals surface area contributed by atoms with E-state index in [9.17, 15) is 14.7 Å². The fraction of sp³-hybridized carbons (Fsp3) is 0.261. The number of carboxylic acids is 1. The van der Waals surface area contributed by atoms with Gasteiger partial charge in [-0.05, 0) is 35.0 Å². The van der Waals surface area contributed by atoms with Gasteiger partial charge in [0.05, 0.1) is 5.69 Å². The molecule has 0 unspecified atom stereocenters. The largest absolute Gasteiger partial charge is 0.477 e. The average Bonchev–Trinajstić information content (AvgIpc) is 3.33. The zero-order chi connectivity index (χ0) is 21.2. The van der Waals surface area contributed by atoms with Gasteiger partial charge in [0.1, 0.15) is 11.1 Å². The van der Waals surface area contributed by atoms with Crippen molar-refractivity contribution in [2.75, 3.05) is 0 Å². The van der Waals surface area contributed by atoms with E-state index in [4.69, 9.17) is 4.42 Å². The van der Waals surface area contributed by atoms with Crippen molar-refractivity contribution in [3.63, 3.8) is 0 Å². The zero-order valence-corrected chi connectivity index (χ0v) is 17.6. The summed E-state index contributed by atoms with van der Waals surface area (Å²) in [7, 11) is 0. The van der Waals surface area contributed by atoms with E-state index in [2.05, 4.69) is 37.3 Å². The normalized spacial score (nSPS) is 15.8. The maximum atomic E-state index is 12.5. The highest BCUT2D eigenvalue weighted by Gasteiger charge is 2.36. The molecule has 0 bridgehead atoms. The molecular weight excluding hydrogens is 400 g/mol. The maximum absolute atomic E-state index is 12.5. The Balaban J connectivity index is 1.77. The number of furan rings is 1. The SMILES string of the molecule is CC(C)(C)[C@@H]1Cc2c(oc3cc(-c4cnsc4)ccc23)-c2cc(=O)c(C(=O)O)cn21. The van der Waals surface area contributed by atoms with Crippen molar-refractivity contribution in [3.05, 3.63) is 63.4 Å². The van der Waals surface area contributed by atoms with Crippen molar-refractivity contribution in [2.45, 2.75) is 33.2 Å². The van der Waals surface area contributed by atoms with Crippen LogP contribution < -0.4 is 5.43 Å². The second-order valence-electron chi connectivity index (χ2n) is 8.77. The first-order valence-corrected chi connectivity index (χ1v) is 10.5. The minimum Gasteiger partial charge on any atom is -0.477 e. The molecule has 0 spiro atoms. The first-order valence-electron chi connectivity index (χ1n) is 9.69. The Morgan fingerprint density at radius 1 is 1.27 bits per heavy atom. The number of aromatic carboxylic acids is 1. The lowest BCUT2D eigenvalue weighted by molar-refractivity contribution is 0.0693. The number of nitrogens with zero attached hydrogens (tertiary/aromatic N) is 2. The lowest BCUT2D eigenvalue weighted by Gasteiger charge is -2.37. The number of fused-ring (bicyclic) bond motifs is 5. The molecular formula is C23H20N2O4S. The predicted octanol–water partition coefficient (Wildman–Crippen LogP) is 5.23. The third kappa shape index (κ3) is 2.81. The van der Waals surface area contributed by atoms with Gasteiger partial charge < -0.3 is 14.1 Å². The van der Waals surface area contributed by atoms with Gasteiger partial charge >= 0.3 is 5.97 Å². The smallest absolute Gasteiger partial charge is 0.341 e. The van der Waals surface area contributed by atoms with Crippen LogP contribution in [0.5, 0.6) is 0 Å². The van der Waals surface area contributed by atoms with Crippen molar-refractivity contribution in [1.82, 2.24) is 8.94 Å². The van der Waals surface area contributed by atoms with Crippen molar-refractivity contribution in [2.24, 2.45) is 5.41 Å². The lowest BCUT2D eigenvalue weighted by atomic mass is 9.79. The highest BCUT2D eigenvalue weighted by molar-refractivity contribution is 7.03. The number of rotatable bonds is 2. The van der Waals surface area contributed by atoms with Gasteiger partial charge in [-0.25, -0.2) is 9.17 Å². The van der Waals surface area contributed by atoms with E-state index >= 15 is 0 Å². The van der Waals surface area contributed by atoms with Crippen molar-refractivity contribution >= 4 is 28.5 Å². The Morgan fingerprint density at radius 3 is 2.73 bits per heavy atom. The van der Waals surface area contributed by atoms with E-state index in [1.807, 2.05) is 22.2 Å². The van der Waals surface area contributed by atoms with Crippen LogP contribution in [0.25, 0.3) is 33.6 Å². The molecule has 4 heterocycles. The molecule has 6 nitrogen and oxygen atoms in total. The van der Waals surface area contributed by atoms with Gasteiger partial charge in [0, 0.05) is 46.4 Å². The van der Waals surface area contributed by atoms with E-state index in [1.54, 1.807) is 0 Å². The van der Waals surface area contributed by atoms with Crippen LogP contribution in [0.3, 0.4) is 0 Å². The van der Waals surface area contributed by atoms with Gasteiger partial charge in [0.2, 0.25) is 0 Å². The van der Waals surface area contributed by atoms with Crippen molar-refractivity contribution in [3.8, 4) is 22.6 Å². The number of aromatic nitrogens is 2. The van der Waals surface area contributed by atoms with E-state index in [1.165, 1.54) is 23.8 Å². The monoisotopic (exact) mass is 420 g/mol. The molecule has 1 aliphatic rings. The second kappa shape index (κ2) is 6.40. The van der Waals surface area contributed by atoms with Gasteiger partial charge in [0.15, 0.2) is 11.2 Å². The molecule has 1 aliphatic heterocycles. The molecule has 4 aromatic rings. The third-order valence-electron chi connectivity index (χ3n) is 5.83. The summed E-state index contributed by atoms with van der Waals surface area (Å²) >= 11 is 1.40. The molecule has 0 amide bonds. The molecule has 1 aromatic carbocycles. The summed E-state index contributed by atoms with van der Waals surface area (Å²) in [6, 6.07) is 7.50. The van der Waals surface area contributed by atoms with Crippen LogP contribution in [-0.2, 0) is 6.42 Å². The van der Waals surface area contributed by atoms with Gasteiger partial charge in [-0.3, -0.25) is 4.79 Å². The topological polar surface area (TPSA) is 85.3 Å². The summed E-state index contributed by atoms with van der Waals surface area (Å²) in [6.07, 6.45) is 3.99. The van der Waals surface area contributed by atoms with Crippen LogP contribution >= 0.6 is 11.5 Å². The zero-order valence-electron chi connectivity index (χ0n) is 16.8. The molecule has 0 saturated heterocycles. The average molecular weight is 420 g/mol. The second-order valence-corrected chi connectivity index (χ2v) is 9.43. The Kier molecular flexibility index (Phi) is 4.02. The van der Waals surface area contributed by atoms with E-state index < -0.39 is 11.4 Å². The molecule has 1 atom stereocenters. The summed E-state index contributed by atoms with van der Waals surface area (Å²) in [4.78, 5) is 24.0. The van der Waals surface area contributed by atoms with E-state index in [0.717, 1.165) is 27.7 Å². The number of hydrogen-bond acceptors (Lipinski definition) is 5. The van der Waals surface area contributed by atoms with Crippen LogP contribution in [0.4, 0.5) is 0 Å². The summed E-state index contributed by atoms with van der Waals surface area (Å²) < 4.78 is 12.3. The summed E-state index contributed by atoms with van der Waals surface area (Å²) in [5, 5.41) is 12.5. The molecule has 30 heavy (non-hydrogen) atoms. The van der Waals surface area contributed by atoms with E-state index in [0.29, 0.717) is 17.9 Å². The minimum absolute atomic E-state index is 0.0137. The molecule has 0 aliphatic carbocycles. The Labute approximate surface area is 176 Å². The number of benzene rings is 1. The van der Waals surface area contributed by atoms with Crippen LogP contribution in [0.15, 0.2) is 51.3 Å². The summed E-state index contributed by atoms with van der Waals surface area (Å²) in [5.74, 6) is -0.576. The first-order chi connectivity index (χ1) is 14.2. The standard InChI is InChI=1S/C23H20N2O4S/c1-23(2,3)20-7-15-14-5-4-12(13-9-24-30-11-13)6-19(14)29-21(15)17-8-18(26)16(22(27)28)10-25(17)20/h4-6,8-11,20H,7H2,1-3H3,(H,27,28)/t20-/m0/s1. The fourth-order valence-electron chi connectivity index (χ4n) is 4.25. The Bertz CT molecular complexity index is 1360. The molecule has 5 rings (SSSR count). The molecule has 1 N–H and O–H groups in total. The summed E-state index contributed by atoms with van der Waals surface area (Å²) in [5.41, 5.74) is 3.60. The number of hydrogen-bond donors (Lipinski definition) is 1. The molecule has 3 aromatic heterocycles. The van der Waals surface area contributed by atoms with Crippen LogP contribution in [0, 0.1) is 5.41 Å². The summed E-state index contributed by atoms with van der Waals surface area (Å²) in [6.45, 7) is 6.36.